The van der Waals surface area contributed by atoms with Crippen LogP contribution in [0.5, 0.6) is 0 Å². The number of para-hydroxylation sites is 1. The lowest BCUT2D eigenvalue weighted by Gasteiger charge is -2.36. The van der Waals surface area contributed by atoms with Crippen LogP contribution in [0.2, 0.25) is 0 Å². The number of methoxy groups -OCH3 is 1. The van der Waals surface area contributed by atoms with E-state index < -0.39 is 5.54 Å². The van der Waals surface area contributed by atoms with Crippen molar-refractivity contribution in [1.29, 1.82) is 0 Å². The molecule has 0 bridgehead atoms. The SMILES string of the molecule is COC(=O)C1(Nc2ccccc2)CCNCC1. The van der Waals surface area contributed by atoms with Crippen LogP contribution in [-0.2, 0) is 9.53 Å². The van der Waals surface area contributed by atoms with Crippen LogP contribution in [0.15, 0.2) is 30.3 Å². The molecule has 2 N–H and O–H groups in total. The third-order valence-electron chi connectivity index (χ3n) is 3.19. The fraction of sp³-hybridized carbons (Fsp3) is 0.462. The Morgan fingerprint density at radius 1 is 1.29 bits per heavy atom. The minimum absolute atomic E-state index is 0.178. The quantitative estimate of drug-likeness (QED) is 0.776. The summed E-state index contributed by atoms with van der Waals surface area (Å²) in [7, 11) is 1.44. The second-order valence-electron chi connectivity index (χ2n) is 4.31. The van der Waals surface area contributed by atoms with E-state index in [0.717, 1.165) is 31.6 Å². The third kappa shape index (κ3) is 2.58. The highest BCUT2D eigenvalue weighted by molar-refractivity contribution is 5.84. The van der Waals surface area contributed by atoms with Crippen LogP contribution in [-0.4, -0.2) is 31.7 Å². The molecule has 1 saturated heterocycles. The number of ether oxygens (including phenoxy) is 1. The van der Waals surface area contributed by atoms with Gasteiger partial charge in [0.15, 0.2) is 0 Å². The van der Waals surface area contributed by atoms with Crippen molar-refractivity contribution in [2.45, 2.75) is 18.4 Å². The van der Waals surface area contributed by atoms with Crippen molar-refractivity contribution in [2.24, 2.45) is 0 Å². The number of esters is 1. The van der Waals surface area contributed by atoms with Crippen LogP contribution < -0.4 is 10.6 Å². The Labute approximate surface area is 101 Å². The van der Waals surface area contributed by atoms with Gasteiger partial charge in [-0.1, -0.05) is 18.2 Å². The first-order valence-electron chi connectivity index (χ1n) is 5.89. The predicted octanol–water partition coefficient (Wildman–Crippen LogP) is 1.39. The molecule has 1 heterocycles. The number of rotatable bonds is 3. The van der Waals surface area contributed by atoms with Gasteiger partial charge in [-0.05, 0) is 38.1 Å². The van der Waals surface area contributed by atoms with Crippen LogP contribution in [0.4, 0.5) is 5.69 Å². The zero-order valence-corrected chi connectivity index (χ0v) is 10.0. The van der Waals surface area contributed by atoms with Gasteiger partial charge in [-0.25, -0.2) is 4.79 Å². The lowest BCUT2D eigenvalue weighted by molar-refractivity contribution is -0.147. The van der Waals surface area contributed by atoms with Gasteiger partial charge in [0.05, 0.1) is 7.11 Å². The van der Waals surface area contributed by atoms with Crippen molar-refractivity contribution >= 4 is 11.7 Å². The Morgan fingerprint density at radius 2 is 1.94 bits per heavy atom. The molecule has 0 spiro atoms. The largest absolute Gasteiger partial charge is 0.467 e. The molecule has 2 rings (SSSR count). The molecule has 1 aromatic rings. The van der Waals surface area contributed by atoms with E-state index in [4.69, 9.17) is 4.74 Å². The first-order valence-corrected chi connectivity index (χ1v) is 5.89. The summed E-state index contributed by atoms with van der Waals surface area (Å²) < 4.78 is 4.94. The Kier molecular flexibility index (Phi) is 3.64. The Balaban J connectivity index is 2.19. The second kappa shape index (κ2) is 5.19. The summed E-state index contributed by atoms with van der Waals surface area (Å²) in [6, 6.07) is 9.79. The molecule has 0 aromatic heterocycles. The van der Waals surface area contributed by atoms with Crippen molar-refractivity contribution in [1.82, 2.24) is 5.32 Å². The maximum Gasteiger partial charge on any atom is 0.331 e. The minimum atomic E-state index is -0.582. The molecule has 0 unspecified atom stereocenters. The van der Waals surface area contributed by atoms with E-state index >= 15 is 0 Å². The number of hydrogen-bond acceptors (Lipinski definition) is 4. The van der Waals surface area contributed by atoms with Gasteiger partial charge in [-0.15, -0.1) is 0 Å². The van der Waals surface area contributed by atoms with Crippen LogP contribution in [0.3, 0.4) is 0 Å². The molecule has 17 heavy (non-hydrogen) atoms. The molecule has 1 aromatic carbocycles. The highest BCUT2D eigenvalue weighted by Crippen LogP contribution is 2.25. The number of piperidine rings is 1. The van der Waals surface area contributed by atoms with Crippen molar-refractivity contribution < 1.29 is 9.53 Å². The third-order valence-corrected chi connectivity index (χ3v) is 3.19. The molecule has 1 fully saturated rings. The zero-order valence-electron chi connectivity index (χ0n) is 10.0. The summed E-state index contributed by atoms with van der Waals surface area (Å²) in [5.41, 5.74) is 0.376. The molecular formula is C13H18N2O2. The van der Waals surface area contributed by atoms with Crippen LogP contribution in [0.25, 0.3) is 0 Å². The van der Waals surface area contributed by atoms with Gasteiger partial charge in [-0.2, -0.15) is 0 Å². The lowest BCUT2D eigenvalue weighted by atomic mass is 9.88. The molecule has 4 nitrogen and oxygen atoms in total. The number of hydrogen-bond donors (Lipinski definition) is 2. The summed E-state index contributed by atoms with van der Waals surface area (Å²) in [6.45, 7) is 1.66. The molecule has 0 radical (unpaired) electrons. The van der Waals surface area contributed by atoms with Crippen LogP contribution in [0.1, 0.15) is 12.8 Å². The summed E-state index contributed by atoms with van der Waals surface area (Å²) in [5.74, 6) is -0.178. The van der Waals surface area contributed by atoms with Crippen molar-refractivity contribution in [3.05, 3.63) is 30.3 Å². The standard InChI is InChI=1S/C13H18N2O2/c1-17-12(16)13(7-9-14-10-8-13)15-11-5-3-2-4-6-11/h2-6,14-15H,7-10H2,1H3. The van der Waals surface area contributed by atoms with Gasteiger partial charge in [0.1, 0.15) is 5.54 Å². The molecule has 92 valence electrons. The van der Waals surface area contributed by atoms with Gasteiger partial charge in [0.25, 0.3) is 0 Å². The van der Waals surface area contributed by atoms with Gasteiger partial charge >= 0.3 is 5.97 Å². The van der Waals surface area contributed by atoms with Crippen LogP contribution in [0, 0.1) is 0 Å². The molecular weight excluding hydrogens is 216 g/mol. The number of carbonyl (C=O) groups excluding carboxylic acids is 1. The molecule has 0 amide bonds. The van der Waals surface area contributed by atoms with Gasteiger partial charge in [-0.3, -0.25) is 0 Å². The average Bonchev–Trinajstić information content (AvgIpc) is 2.40. The average molecular weight is 234 g/mol. The molecule has 0 aliphatic carbocycles. The fourth-order valence-corrected chi connectivity index (χ4v) is 2.23. The van der Waals surface area contributed by atoms with E-state index in [-0.39, 0.29) is 5.97 Å². The molecule has 0 saturated carbocycles. The minimum Gasteiger partial charge on any atom is -0.467 e. The first-order chi connectivity index (χ1) is 8.27. The highest BCUT2D eigenvalue weighted by Gasteiger charge is 2.40. The second-order valence-corrected chi connectivity index (χ2v) is 4.31. The highest BCUT2D eigenvalue weighted by atomic mass is 16.5. The van der Waals surface area contributed by atoms with E-state index in [1.54, 1.807) is 0 Å². The Hall–Kier alpha value is -1.55. The fourth-order valence-electron chi connectivity index (χ4n) is 2.23. The van der Waals surface area contributed by atoms with E-state index in [9.17, 15) is 4.79 Å². The predicted molar refractivity (Wildman–Crippen MR) is 66.9 cm³/mol. The summed E-state index contributed by atoms with van der Waals surface area (Å²) in [6.07, 6.45) is 1.49. The normalized spacial score (nSPS) is 18.4. The molecule has 1 aliphatic rings. The summed E-state index contributed by atoms with van der Waals surface area (Å²) >= 11 is 0. The smallest absolute Gasteiger partial charge is 0.331 e. The van der Waals surface area contributed by atoms with Gasteiger partial charge < -0.3 is 15.4 Å². The summed E-state index contributed by atoms with van der Waals surface area (Å²) in [4.78, 5) is 12.0. The van der Waals surface area contributed by atoms with Crippen molar-refractivity contribution in [2.75, 3.05) is 25.5 Å². The topological polar surface area (TPSA) is 50.4 Å². The monoisotopic (exact) mass is 234 g/mol. The van der Waals surface area contributed by atoms with Gasteiger partial charge in [0, 0.05) is 5.69 Å². The van der Waals surface area contributed by atoms with E-state index in [2.05, 4.69) is 10.6 Å². The van der Waals surface area contributed by atoms with E-state index in [1.165, 1.54) is 7.11 Å². The van der Waals surface area contributed by atoms with Gasteiger partial charge in [0.2, 0.25) is 0 Å². The van der Waals surface area contributed by atoms with E-state index in [0.29, 0.717) is 0 Å². The zero-order chi connectivity index (χ0) is 12.1. The maximum atomic E-state index is 12.0. The molecule has 4 heteroatoms. The Bertz CT molecular complexity index is 372. The first kappa shape index (κ1) is 11.9. The molecule has 1 aliphatic heterocycles. The lowest BCUT2D eigenvalue weighted by Crippen LogP contribution is -2.54. The number of benzene rings is 1. The van der Waals surface area contributed by atoms with Crippen LogP contribution >= 0.6 is 0 Å². The molecule has 0 atom stereocenters. The van der Waals surface area contributed by atoms with Crippen molar-refractivity contribution in [3.63, 3.8) is 0 Å². The number of carbonyl (C=O) groups is 1. The number of nitrogens with one attached hydrogen (secondary N) is 2. The number of anilines is 1. The van der Waals surface area contributed by atoms with Crippen molar-refractivity contribution in [3.8, 4) is 0 Å². The Morgan fingerprint density at radius 3 is 2.53 bits per heavy atom. The maximum absolute atomic E-state index is 12.0. The summed E-state index contributed by atoms with van der Waals surface area (Å²) in [5, 5.41) is 6.59. The van der Waals surface area contributed by atoms with E-state index in [1.807, 2.05) is 30.3 Å².